The summed E-state index contributed by atoms with van der Waals surface area (Å²) >= 11 is 0. The zero-order chi connectivity index (χ0) is 103. The quantitative estimate of drug-likeness (QED) is 0.0147. The lowest BCUT2D eigenvalue weighted by Crippen LogP contribution is -2.41. The summed E-state index contributed by atoms with van der Waals surface area (Å²) in [6.07, 6.45) is 8.27. The smallest absolute Gasteiger partial charge is 0.326 e. The Morgan fingerprint density at radius 3 is 1.55 bits per heavy atom. The number of carbonyl (C=O) groups excluding carboxylic acids is 5. The molecule has 2 aliphatic rings. The van der Waals surface area contributed by atoms with Crippen LogP contribution in [0.25, 0.3) is 22.3 Å². The number of aliphatic carboxylic acids is 1. The predicted molar refractivity (Wildman–Crippen MR) is 525 cm³/mol. The fourth-order valence-corrected chi connectivity index (χ4v) is 16.0. The number of amides is 5. The van der Waals surface area contributed by atoms with Crippen LogP contribution in [-0.2, 0) is 141 Å². The Morgan fingerprint density at radius 1 is 0.535 bits per heavy atom. The largest absolute Gasteiger partial charge is 0.744 e. The van der Waals surface area contributed by atoms with Gasteiger partial charge in [0, 0.05) is 105 Å². The first-order chi connectivity index (χ1) is 69.3. The first-order valence-electron chi connectivity index (χ1n) is 47.1. The van der Waals surface area contributed by atoms with Crippen molar-refractivity contribution in [3.05, 3.63) is 155 Å². The summed E-state index contributed by atoms with van der Waals surface area (Å²) in [7, 11) is -7.68. The van der Waals surface area contributed by atoms with Gasteiger partial charge in [-0.1, -0.05) is 44.2 Å². The second-order valence-corrected chi connectivity index (χ2v) is 36.5. The van der Waals surface area contributed by atoms with Crippen molar-refractivity contribution in [2.75, 3.05) is 252 Å². The lowest BCUT2D eigenvalue weighted by Gasteiger charge is -2.27. The van der Waals surface area contributed by atoms with Crippen molar-refractivity contribution in [2.45, 2.75) is 106 Å². The fraction of sp³-hybridized carbons (Fsp3) is 0.516. The van der Waals surface area contributed by atoms with E-state index in [4.69, 9.17) is 88.3 Å². The van der Waals surface area contributed by atoms with Crippen LogP contribution in [0.15, 0.2) is 131 Å². The number of anilines is 5. The number of nitrogens with one attached hydrogen (secondary N) is 6. The van der Waals surface area contributed by atoms with E-state index in [1.54, 1.807) is 43.5 Å². The van der Waals surface area contributed by atoms with Crippen LogP contribution in [0, 0.1) is 0 Å². The maximum absolute atomic E-state index is 13.5. The van der Waals surface area contributed by atoms with Crippen molar-refractivity contribution in [3.63, 3.8) is 0 Å². The summed E-state index contributed by atoms with van der Waals surface area (Å²) in [6, 6.07) is 21.1. The maximum Gasteiger partial charge on any atom is 0.326 e. The molecule has 144 heavy (non-hydrogen) atoms. The van der Waals surface area contributed by atoms with Gasteiger partial charge in [0.15, 0.2) is 40.4 Å². The lowest BCUT2D eigenvalue weighted by atomic mass is 9.81. The molecular formula is C95H131N19O28S2. The van der Waals surface area contributed by atoms with Crippen LogP contribution >= 0.6 is 0 Å². The molecule has 0 radical (unpaired) electrons. The van der Waals surface area contributed by atoms with E-state index >= 15 is 0 Å². The number of aromatic amines is 1. The molecule has 786 valence electrons. The van der Waals surface area contributed by atoms with Gasteiger partial charge >= 0.3 is 5.97 Å². The highest BCUT2D eigenvalue weighted by Gasteiger charge is 2.46. The lowest BCUT2D eigenvalue weighted by molar-refractivity contribution is -0.436. The molecule has 4 aromatic heterocycles. The van der Waals surface area contributed by atoms with Crippen molar-refractivity contribution in [1.29, 1.82) is 0 Å². The minimum Gasteiger partial charge on any atom is -0.744 e. The predicted octanol–water partition coefficient (Wildman–Crippen LogP) is 3.54. The number of nitrogens with two attached hydrogens (primary N) is 3. The van der Waals surface area contributed by atoms with Gasteiger partial charge < -0.3 is 139 Å². The number of imidazole rings is 1. The van der Waals surface area contributed by atoms with E-state index in [0.717, 1.165) is 11.1 Å². The number of fused-ring (bicyclic) bond motifs is 4. The number of carbonyl (C=O) groups is 6. The Kier molecular flexibility index (Phi) is 46.9. The second kappa shape index (κ2) is 59.3. The maximum atomic E-state index is 13.5. The van der Waals surface area contributed by atoms with Gasteiger partial charge in [0.25, 0.3) is 16.0 Å². The molecule has 0 bridgehead atoms. The van der Waals surface area contributed by atoms with Crippen LogP contribution in [0.4, 0.5) is 34.8 Å². The molecule has 2 aliphatic heterocycles. The van der Waals surface area contributed by atoms with Gasteiger partial charge in [0.05, 0.1) is 231 Å². The molecule has 0 fully saturated rings. The van der Waals surface area contributed by atoms with E-state index in [2.05, 4.69) is 66.5 Å². The highest BCUT2D eigenvalue weighted by Crippen LogP contribution is 2.49. The molecule has 4 aromatic carbocycles. The zero-order valence-electron chi connectivity index (χ0n) is 81.6. The molecule has 0 spiro atoms. The zero-order valence-corrected chi connectivity index (χ0v) is 83.2. The van der Waals surface area contributed by atoms with Gasteiger partial charge in [-0.3, -0.25) is 28.5 Å². The highest BCUT2D eigenvalue weighted by atomic mass is 32.2. The van der Waals surface area contributed by atoms with E-state index < -0.39 is 59.8 Å². The van der Waals surface area contributed by atoms with Gasteiger partial charge in [0.1, 0.15) is 22.8 Å². The number of carboxylic acids is 1. The molecule has 47 nitrogen and oxygen atoms in total. The molecule has 14 N–H and O–H groups in total. The molecule has 0 aliphatic carbocycles. The Bertz CT molecular complexity index is 5810. The fourth-order valence-electron chi connectivity index (χ4n) is 15.0. The number of nitrogen functional groups attached to an aromatic ring is 3. The van der Waals surface area contributed by atoms with Gasteiger partial charge in [-0.2, -0.15) is 32.9 Å². The molecule has 0 saturated heterocycles. The molecule has 0 saturated carbocycles. The standard InChI is InChI=1S/C95H131N19O28S2/c1-94(2)73-59-71(143(122,123)124)17-20-76(73)113(29-23-81(116)100-27-33-130-37-36-129-32-26-99-80(115)22-19-75(91(120)121)107-89(119)68-13-15-70(16-14-68)112(5)63-69-62-103-87-84(106-69)86(96)108-92(97)109-87)78(94)7-6-8-79-95(3,4)74-60-72(144(125,126)127)18-21-77(74)114(79)30-24-82(117)101-28-34-131-38-40-133-42-44-135-46-48-137-50-52-139-54-56-141-58-57-140-55-53-138-51-49-136-47-45-134-43-41-132-39-35-128-31-25-83(118)102-61-66-9-11-67(12-10-66)64-142-90-85-88(105-65-104-85)110-93(98)111-90/h6-18,20-21,59-60,62,65,75H,19,22-58,61,63-64H2,1-5H3,(H14-,96,97,98,99,100,101,102,103,104,105,106,107,108,109,110,111,115,116,117,118,119,120,121,122,123,124,125,126,127)/t75-/m0/s1. The average Bonchev–Trinajstić information content (AvgIpc) is 1.59. The molecule has 0 unspecified atom stereocenters. The Morgan fingerprint density at radius 2 is 1.02 bits per heavy atom. The third-order valence-electron chi connectivity index (χ3n) is 22.5. The number of nitrogens with zero attached hydrogens (tertiary/aromatic N) is 10. The molecule has 10 rings (SSSR count). The molecule has 6 heterocycles. The van der Waals surface area contributed by atoms with E-state index in [1.807, 2.05) is 78.5 Å². The van der Waals surface area contributed by atoms with E-state index in [9.17, 15) is 59.8 Å². The van der Waals surface area contributed by atoms with Crippen molar-refractivity contribution in [1.82, 2.24) is 66.5 Å². The first kappa shape index (κ1) is 114. The van der Waals surface area contributed by atoms with Crippen LogP contribution in [0.3, 0.4) is 0 Å². The third kappa shape index (κ3) is 37.8. The van der Waals surface area contributed by atoms with E-state index in [1.165, 1.54) is 42.9 Å². The monoisotopic (exact) mass is 2050 g/mol. The average molecular weight is 2050 g/mol. The number of aromatic nitrogens is 8. The van der Waals surface area contributed by atoms with Gasteiger partial charge in [-0.15, -0.1) is 0 Å². The van der Waals surface area contributed by atoms with Crippen molar-refractivity contribution in [3.8, 4) is 5.88 Å². The minimum absolute atomic E-state index is 0.0120. The van der Waals surface area contributed by atoms with E-state index in [-0.39, 0.29) is 169 Å². The molecule has 8 aromatic rings. The Balaban J connectivity index is 0.509. The number of hydrogen-bond donors (Lipinski definition) is 11. The Labute approximate surface area is 834 Å². The van der Waals surface area contributed by atoms with Crippen LogP contribution in [-0.4, -0.2) is 348 Å². The van der Waals surface area contributed by atoms with Gasteiger partial charge in [-0.05, 0) is 97.6 Å². The van der Waals surface area contributed by atoms with Crippen molar-refractivity contribution in [2.24, 2.45) is 0 Å². The first-order valence-corrected chi connectivity index (χ1v) is 49.9. The summed E-state index contributed by atoms with van der Waals surface area (Å²) in [5, 5.41) is 23.7. The second-order valence-electron chi connectivity index (χ2n) is 33.7. The summed E-state index contributed by atoms with van der Waals surface area (Å²) < 4.78 is 158. The number of carboxylic acid groups (broad SMARTS) is 1. The van der Waals surface area contributed by atoms with E-state index in [0.29, 0.717) is 220 Å². The number of hydrogen-bond acceptors (Lipinski definition) is 38. The number of ether oxygens (including phenoxy) is 15. The SMILES string of the molecule is CN(Cc1cnc2nc(N)nc(N)c2n1)c1ccc(C(=O)N[C@@H](CCC(=O)NCCOCCOCCNC(=O)CCN2/C(=C/C=C/C3=[N+](CCC(=O)NCCOCCOCCOCCOCCOCCOCCOCCOCCOCCOCCOCCOCCC(=O)NCc4ccc(COc5nc(N)nc6[nH]cnc56)cc4)c4ccc(S(=O)(=O)O)cc4C3(C)C)C(C)(C)c3cc(S(=O)(=O)[O-])ccc32)C(=O)O)cc1. The van der Waals surface area contributed by atoms with Crippen LogP contribution in [0.5, 0.6) is 5.88 Å². The number of allylic oxidation sites excluding steroid dienone is 4. The van der Waals surface area contributed by atoms with Crippen LogP contribution in [0.2, 0.25) is 0 Å². The minimum atomic E-state index is -4.87. The Hall–Kier alpha value is -12.1. The molecular weight excluding hydrogens is 1920 g/mol. The number of H-pyrrole nitrogens is 1. The van der Waals surface area contributed by atoms with Crippen molar-refractivity contribution >= 4 is 119 Å². The highest BCUT2D eigenvalue weighted by molar-refractivity contribution is 7.86. The number of rotatable bonds is 72. The van der Waals surface area contributed by atoms with Crippen LogP contribution in [0.1, 0.15) is 98.1 Å². The molecule has 1 atom stereocenters. The summed E-state index contributed by atoms with van der Waals surface area (Å²) in [6.45, 7) is 18.7. The van der Waals surface area contributed by atoms with Gasteiger partial charge in [0.2, 0.25) is 47.1 Å². The van der Waals surface area contributed by atoms with Crippen LogP contribution < -0.4 is 58.3 Å². The summed E-state index contributed by atoms with van der Waals surface area (Å²) in [4.78, 5) is 112. The molecule has 5 amide bonds. The topological polar surface area (TPSA) is 626 Å². The molecule has 49 heteroatoms. The summed E-state index contributed by atoms with van der Waals surface area (Å²) in [5.74, 6) is -2.68. The normalized spacial score (nSPS) is 13.8. The summed E-state index contributed by atoms with van der Waals surface area (Å²) in [5.41, 5.74) is 24.0. The number of benzene rings is 4. The van der Waals surface area contributed by atoms with Gasteiger partial charge in [-0.25, -0.2) is 28.2 Å². The van der Waals surface area contributed by atoms with Crippen molar-refractivity contribution < 1.29 is 135 Å². The third-order valence-corrected chi connectivity index (χ3v) is 24.2.